The van der Waals surface area contributed by atoms with Crippen molar-refractivity contribution in [1.82, 2.24) is 5.32 Å². The molecule has 12 unspecified atom stereocenters. The number of unbranched alkanes of at least 4 members (excludes halogenated alkanes) is 34. The molecule has 0 aromatic heterocycles. The molecule has 0 aliphatic carbocycles. The third kappa shape index (κ3) is 40.1. The Morgan fingerprint density at radius 2 is 0.812 bits per heavy atom. The first-order chi connectivity index (χ1) is 41.6. The fourth-order valence-electron chi connectivity index (χ4n) is 11.4. The second-order valence-corrected chi connectivity index (χ2v) is 24.6. The topological polar surface area (TPSA) is 228 Å². The van der Waals surface area contributed by atoms with Gasteiger partial charge in [0.05, 0.1) is 32.0 Å². The molecule has 0 aromatic carbocycles. The highest BCUT2D eigenvalue weighted by atomic mass is 16.7. The number of carbonyl (C=O) groups is 1. The van der Waals surface area contributed by atoms with E-state index in [2.05, 4.69) is 79.9 Å². The Hall–Kier alpha value is -2.31. The van der Waals surface area contributed by atoms with E-state index in [9.17, 15) is 45.6 Å². The van der Waals surface area contributed by atoms with Gasteiger partial charge in [-0.3, -0.25) is 4.79 Å². The predicted octanol–water partition coefficient (Wildman–Crippen LogP) is 14.1. The maximum Gasteiger partial charge on any atom is 0.220 e. The average molecular weight is 1200 g/mol. The quantitative estimate of drug-likeness (QED) is 0.0204. The first-order valence-corrected chi connectivity index (χ1v) is 35.0. The molecule has 0 radical (unpaired) electrons. The number of nitrogens with one attached hydrogen (secondary N) is 1. The van der Waals surface area contributed by atoms with Gasteiger partial charge in [0.15, 0.2) is 12.6 Å². The number of ether oxygens (including phenoxy) is 4. The van der Waals surface area contributed by atoms with Gasteiger partial charge in [-0.15, -0.1) is 0 Å². The molecular weight excluding hydrogens is 1070 g/mol. The van der Waals surface area contributed by atoms with Crippen LogP contribution in [0.2, 0.25) is 0 Å². The maximum atomic E-state index is 13.3. The number of aliphatic hydroxyl groups excluding tert-OH is 8. The van der Waals surface area contributed by atoms with Gasteiger partial charge in [0, 0.05) is 6.42 Å². The maximum absolute atomic E-state index is 13.3. The average Bonchev–Trinajstić information content (AvgIpc) is 3.70. The molecule has 14 nitrogen and oxygen atoms in total. The molecule has 2 aliphatic rings. The molecule has 0 aromatic rings. The number of rotatable bonds is 57. The molecule has 2 fully saturated rings. The molecule has 0 bridgehead atoms. The van der Waals surface area contributed by atoms with Gasteiger partial charge in [0.1, 0.15) is 48.8 Å². The molecule has 1 amide bonds. The second kappa shape index (κ2) is 55.7. The van der Waals surface area contributed by atoms with Crippen LogP contribution in [0, 0.1) is 0 Å². The summed E-state index contributed by atoms with van der Waals surface area (Å²) in [5, 5.41) is 87.5. The third-order valence-electron chi connectivity index (χ3n) is 17.0. The molecule has 85 heavy (non-hydrogen) atoms. The van der Waals surface area contributed by atoms with E-state index in [-0.39, 0.29) is 12.5 Å². The van der Waals surface area contributed by atoms with E-state index in [1.165, 1.54) is 180 Å². The van der Waals surface area contributed by atoms with Crippen LogP contribution in [0.4, 0.5) is 0 Å². The van der Waals surface area contributed by atoms with Crippen LogP contribution < -0.4 is 5.32 Å². The van der Waals surface area contributed by atoms with Gasteiger partial charge in [0.2, 0.25) is 5.91 Å². The van der Waals surface area contributed by atoms with E-state index in [1.807, 2.05) is 0 Å². The summed E-state index contributed by atoms with van der Waals surface area (Å²) >= 11 is 0. The Labute approximate surface area is 517 Å². The van der Waals surface area contributed by atoms with Crippen LogP contribution in [0.5, 0.6) is 0 Å². The lowest BCUT2D eigenvalue weighted by Crippen LogP contribution is -2.65. The molecule has 9 N–H and O–H groups in total. The van der Waals surface area contributed by atoms with Crippen molar-refractivity contribution in [1.29, 1.82) is 0 Å². The SMILES string of the molecule is CC/C=C\C/C=C\C/C=C\C/C=C\C/C=C\CCCCCCCCCCCCCCCCCCCCCC(=O)NC(COC1OC(CO)C(OC2OC(CO)C(O)C(O)C2O)C(O)C1O)C(O)CCCCCCCCCCCCCCCCCC. The van der Waals surface area contributed by atoms with Crippen LogP contribution in [0.1, 0.15) is 290 Å². The van der Waals surface area contributed by atoms with Crippen molar-refractivity contribution in [2.45, 2.75) is 364 Å². The van der Waals surface area contributed by atoms with Crippen molar-refractivity contribution in [3.8, 4) is 0 Å². The zero-order valence-corrected chi connectivity index (χ0v) is 53.8. The van der Waals surface area contributed by atoms with Crippen LogP contribution in [0.25, 0.3) is 0 Å². The predicted molar refractivity (Wildman–Crippen MR) is 346 cm³/mol. The molecular formula is C71H129NO13. The van der Waals surface area contributed by atoms with Gasteiger partial charge in [-0.1, -0.05) is 286 Å². The minimum Gasteiger partial charge on any atom is -0.394 e. The fraction of sp³-hybridized carbons (Fsp3) is 0.845. The zero-order chi connectivity index (χ0) is 61.6. The van der Waals surface area contributed by atoms with Crippen molar-refractivity contribution < 1.29 is 64.6 Å². The summed E-state index contributed by atoms with van der Waals surface area (Å²) in [7, 11) is 0. The number of hydrogen-bond acceptors (Lipinski definition) is 13. The van der Waals surface area contributed by atoms with Crippen LogP contribution in [0.3, 0.4) is 0 Å². The Bertz CT molecular complexity index is 1660. The third-order valence-corrected chi connectivity index (χ3v) is 17.0. The Kier molecular flexibility index (Phi) is 51.7. The van der Waals surface area contributed by atoms with Crippen molar-refractivity contribution in [3.05, 3.63) is 60.8 Å². The first kappa shape index (κ1) is 78.8. The molecule has 2 heterocycles. The number of amides is 1. The van der Waals surface area contributed by atoms with E-state index >= 15 is 0 Å². The van der Waals surface area contributed by atoms with E-state index in [0.29, 0.717) is 12.8 Å². The largest absolute Gasteiger partial charge is 0.394 e. The monoisotopic (exact) mass is 1200 g/mol. The second-order valence-electron chi connectivity index (χ2n) is 24.6. The Morgan fingerprint density at radius 1 is 0.435 bits per heavy atom. The van der Waals surface area contributed by atoms with Gasteiger partial charge >= 0.3 is 0 Å². The fourth-order valence-corrected chi connectivity index (χ4v) is 11.4. The smallest absolute Gasteiger partial charge is 0.220 e. The van der Waals surface area contributed by atoms with E-state index in [1.54, 1.807) is 0 Å². The minimum absolute atomic E-state index is 0.203. The highest BCUT2D eigenvalue weighted by Crippen LogP contribution is 2.30. The lowest BCUT2D eigenvalue weighted by atomic mass is 9.97. The lowest BCUT2D eigenvalue weighted by molar-refractivity contribution is -0.359. The lowest BCUT2D eigenvalue weighted by Gasteiger charge is -2.46. The highest BCUT2D eigenvalue weighted by molar-refractivity contribution is 5.76. The summed E-state index contributed by atoms with van der Waals surface area (Å²) in [6, 6.07) is -0.829. The van der Waals surface area contributed by atoms with Crippen molar-refractivity contribution in [2.24, 2.45) is 0 Å². The van der Waals surface area contributed by atoms with Gasteiger partial charge < -0.3 is 65.1 Å². The van der Waals surface area contributed by atoms with Crippen LogP contribution >= 0.6 is 0 Å². The zero-order valence-electron chi connectivity index (χ0n) is 53.8. The number of carbonyl (C=O) groups excluding carboxylic acids is 1. The molecule has 2 aliphatic heterocycles. The number of hydrogen-bond donors (Lipinski definition) is 9. The minimum atomic E-state index is -1.78. The van der Waals surface area contributed by atoms with E-state index in [0.717, 1.165) is 83.5 Å². The van der Waals surface area contributed by atoms with Crippen LogP contribution in [-0.4, -0.2) is 140 Å². The van der Waals surface area contributed by atoms with Crippen molar-refractivity contribution in [3.63, 3.8) is 0 Å². The highest BCUT2D eigenvalue weighted by Gasteiger charge is 2.51. The number of allylic oxidation sites excluding steroid dienone is 10. The Morgan fingerprint density at radius 3 is 1.25 bits per heavy atom. The molecule has 496 valence electrons. The number of aliphatic hydroxyl groups is 8. The molecule has 0 spiro atoms. The summed E-state index contributed by atoms with van der Waals surface area (Å²) in [5.41, 5.74) is 0. The normalized spacial score (nSPS) is 23.9. The van der Waals surface area contributed by atoms with E-state index < -0.39 is 86.8 Å². The molecule has 2 saturated heterocycles. The summed E-state index contributed by atoms with van der Waals surface area (Å²) in [5.74, 6) is -0.203. The van der Waals surface area contributed by atoms with Crippen molar-refractivity contribution in [2.75, 3.05) is 19.8 Å². The van der Waals surface area contributed by atoms with Crippen molar-refractivity contribution >= 4 is 5.91 Å². The van der Waals surface area contributed by atoms with Gasteiger partial charge in [-0.25, -0.2) is 0 Å². The summed E-state index contributed by atoms with van der Waals surface area (Å²) in [6.07, 6.45) is 56.7. The standard InChI is InChI=1S/C71H129NO13/c1-3-5-7-9-11-13-15-17-19-21-22-23-24-25-26-27-28-29-30-31-32-33-34-35-36-37-38-39-41-43-45-47-49-51-53-55-63(76)72-59(60(75)54-52-50-48-46-44-42-40-20-18-16-14-12-10-8-6-4-2)58-82-70-68(81)66(79)69(62(57-74)84-70)85-71-67(80)65(78)64(77)61(56-73)83-71/h5,7,11,13,17,19,22-23,25-26,59-62,64-71,73-75,77-81H,3-4,6,8-10,12,14-16,18,20-21,24,27-58H2,1-2H3,(H,72,76)/b7-5-,13-11-,19-17-,23-22-,26-25-. The first-order valence-electron chi connectivity index (χ1n) is 35.0. The Balaban J connectivity index is 1.60. The van der Waals surface area contributed by atoms with Gasteiger partial charge in [-0.2, -0.15) is 0 Å². The molecule has 0 saturated carbocycles. The van der Waals surface area contributed by atoms with Crippen LogP contribution in [0.15, 0.2) is 60.8 Å². The van der Waals surface area contributed by atoms with Crippen LogP contribution in [-0.2, 0) is 23.7 Å². The summed E-state index contributed by atoms with van der Waals surface area (Å²) in [6.45, 7) is 2.78. The van der Waals surface area contributed by atoms with Gasteiger partial charge in [0.25, 0.3) is 0 Å². The van der Waals surface area contributed by atoms with Gasteiger partial charge in [-0.05, 0) is 57.8 Å². The molecule has 12 atom stereocenters. The molecule has 2 rings (SSSR count). The molecule has 14 heteroatoms. The summed E-state index contributed by atoms with van der Waals surface area (Å²) < 4.78 is 22.9. The summed E-state index contributed by atoms with van der Waals surface area (Å²) in [4.78, 5) is 13.3. The van der Waals surface area contributed by atoms with E-state index in [4.69, 9.17) is 18.9 Å².